The van der Waals surface area contributed by atoms with Crippen LogP contribution in [0.3, 0.4) is 0 Å². The highest BCUT2D eigenvalue weighted by Gasteiger charge is 2.06. The maximum Gasteiger partial charge on any atom is 0.230 e. The molecule has 92 valence electrons. The highest BCUT2D eigenvalue weighted by Crippen LogP contribution is 2.29. The van der Waals surface area contributed by atoms with E-state index in [0.29, 0.717) is 15.1 Å². The first kappa shape index (κ1) is 14.7. The molecule has 0 unspecified atom stereocenters. The van der Waals surface area contributed by atoms with Crippen LogP contribution < -0.4 is 5.32 Å². The minimum absolute atomic E-state index is 0.132. The summed E-state index contributed by atoms with van der Waals surface area (Å²) in [6, 6.07) is 5.12. The predicted octanol–water partition coefficient (Wildman–Crippen LogP) is 3.95. The van der Waals surface area contributed by atoms with Gasteiger partial charge in [-0.05, 0) is 18.2 Å². The SMILES string of the molecule is C=C(Cl)CNC(=O)CSc1cc(Cl)ccc1Cl. The van der Waals surface area contributed by atoms with Crippen molar-refractivity contribution in [1.29, 1.82) is 0 Å². The summed E-state index contributed by atoms with van der Waals surface area (Å²) in [5.41, 5.74) is 0. The van der Waals surface area contributed by atoms with Gasteiger partial charge in [-0.2, -0.15) is 0 Å². The number of thioether (sulfide) groups is 1. The molecule has 0 aliphatic heterocycles. The smallest absolute Gasteiger partial charge is 0.230 e. The van der Waals surface area contributed by atoms with Crippen LogP contribution in [0.2, 0.25) is 10.0 Å². The molecule has 1 aromatic carbocycles. The number of nitrogens with one attached hydrogen (secondary N) is 1. The second-order valence-electron chi connectivity index (χ2n) is 3.16. The Hall–Kier alpha value is -0.350. The fraction of sp³-hybridized carbons (Fsp3) is 0.182. The predicted molar refractivity (Wildman–Crippen MR) is 75.2 cm³/mol. The largest absolute Gasteiger partial charge is 0.350 e. The van der Waals surface area contributed by atoms with E-state index < -0.39 is 0 Å². The number of rotatable bonds is 5. The van der Waals surface area contributed by atoms with Crippen LogP contribution in [0, 0.1) is 0 Å². The third kappa shape index (κ3) is 5.68. The van der Waals surface area contributed by atoms with E-state index in [9.17, 15) is 4.79 Å². The molecule has 0 aliphatic rings. The van der Waals surface area contributed by atoms with Crippen LogP contribution >= 0.6 is 46.6 Å². The Labute approximate surface area is 119 Å². The van der Waals surface area contributed by atoms with Crippen LogP contribution in [0.15, 0.2) is 34.7 Å². The van der Waals surface area contributed by atoms with Crippen molar-refractivity contribution in [3.05, 3.63) is 39.9 Å². The Morgan fingerprint density at radius 2 is 2.12 bits per heavy atom. The molecular formula is C11H10Cl3NOS. The van der Waals surface area contributed by atoms with Gasteiger partial charge < -0.3 is 5.32 Å². The number of carbonyl (C=O) groups is 1. The molecule has 0 aromatic heterocycles. The summed E-state index contributed by atoms with van der Waals surface area (Å²) in [5, 5.41) is 4.18. The van der Waals surface area contributed by atoms with E-state index in [1.807, 2.05) is 0 Å². The van der Waals surface area contributed by atoms with Gasteiger partial charge in [0.1, 0.15) is 0 Å². The van der Waals surface area contributed by atoms with Crippen molar-refractivity contribution in [3.63, 3.8) is 0 Å². The monoisotopic (exact) mass is 309 g/mol. The number of benzene rings is 1. The molecule has 0 aliphatic carbocycles. The van der Waals surface area contributed by atoms with Crippen molar-refractivity contribution in [2.75, 3.05) is 12.3 Å². The van der Waals surface area contributed by atoms with Gasteiger partial charge in [0.2, 0.25) is 5.91 Å². The van der Waals surface area contributed by atoms with Gasteiger partial charge in [0.05, 0.1) is 17.3 Å². The van der Waals surface area contributed by atoms with Crippen molar-refractivity contribution in [1.82, 2.24) is 5.32 Å². The Morgan fingerprint density at radius 3 is 2.76 bits per heavy atom. The van der Waals surface area contributed by atoms with E-state index >= 15 is 0 Å². The molecule has 0 saturated heterocycles. The van der Waals surface area contributed by atoms with E-state index in [1.165, 1.54) is 11.8 Å². The molecule has 1 N–H and O–H groups in total. The molecule has 0 fully saturated rings. The number of hydrogen-bond acceptors (Lipinski definition) is 2. The van der Waals surface area contributed by atoms with Gasteiger partial charge in [-0.25, -0.2) is 0 Å². The van der Waals surface area contributed by atoms with Crippen molar-refractivity contribution < 1.29 is 4.79 Å². The van der Waals surface area contributed by atoms with Gasteiger partial charge in [0.25, 0.3) is 0 Å². The van der Waals surface area contributed by atoms with Gasteiger partial charge >= 0.3 is 0 Å². The molecule has 0 heterocycles. The summed E-state index contributed by atoms with van der Waals surface area (Å²) in [7, 11) is 0. The Bertz CT molecular complexity index is 437. The maximum atomic E-state index is 11.4. The molecule has 0 saturated carbocycles. The van der Waals surface area contributed by atoms with Gasteiger partial charge in [-0.3, -0.25) is 4.79 Å². The van der Waals surface area contributed by atoms with E-state index in [1.54, 1.807) is 18.2 Å². The zero-order valence-electron chi connectivity index (χ0n) is 8.80. The van der Waals surface area contributed by atoms with Gasteiger partial charge in [0.15, 0.2) is 0 Å². The van der Waals surface area contributed by atoms with Gasteiger partial charge in [-0.1, -0.05) is 41.4 Å². The van der Waals surface area contributed by atoms with Crippen LogP contribution in [-0.2, 0) is 4.79 Å². The third-order valence-electron chi connectivity index (χ3n) is 1.73. The molecule has 6 heteroatoms. The summed E-state index contributed by atoms with van der Waals surface area (Å²) < 4.78 is 0. The first-order valence-electron chi connectivity index (χ1n) is 4.67. The molecule has 0 radical (unpaired) electrons. The maximum absolute atomic E-state index is 11.4. The average molecular weight is 311 g/mol. The molecule has 0 atom stereocenters. The summed E-state index contributed by atoms with van der Waals surface area (Å²) in [6.45, 7) is 3.74. The van der Waals surface area contributed by atoms with Crippen LogP contribution in [-0.4, -0.2) is 18.2 Å². The highest BCUT2D eigenvalue weighted by atomic mass is 35.5. The number of amides is 1. The Morgan fingerprint density at radius 1 is 1.41 bits per heavy atom. The first-order valence-corrected chi connectivity index (χ1v) is 6.79. The second kappa shape index (κ2) is 7.17. The highest BCUT2D eigenvalue weighted by molar-refractivity contribution is 8.00. The lowest BCUT2D eigenvalue weighted by molar-refractivity contribution is -0.118. The molecule has 1 aromatic rings. The molecule has 0 spiro atoms. The first-order chi connectivity index (χ1) is 7.99. The second-order valence-corrected chi connectivity index (χ2v) is 5.55. The summed E-state index contributed by atoms with van der Waals surface area (Å²) >= 11 is 18.6. The third-order valence-corrected chi connectivity index (χ3v) is 3.60. The average Bonchev–Trinajstić information content (AvgIpc) is 2.27. The lowest BCUT2D eigenvalue weighted by Gasteiger charge is -2.05. The molecular weight excluding hydrogens is 301 g/mol. The van der Waals surface area contributed by atoms with Crippen molar-refractivity contribution in [2.45, 2.75) is 4.90 Å². The Balaban J connectivity index is 2.47. The number of hydrogen-bond donors (Lipinski definition) is 1. The number of carbonyl (C=O) groups excluding carboxylic acids is 1. The van der Waals surface area contributed by atoms with Crippen molar-refractivity contribution in [3.8, 4) is 0 Å². The van der Waals surface area contributed by atoms with E-state index in [0.717, 1.165) is 4.90 Å². The van der Waals surface area contributed by atoms with Crippen LogP contribution in [0.4, 0.5) is 0 Å². The summed E-state index contributed by atoms with van der Waals surface area (Å²) in [4.78, 5) is 12.2. The van der Waals surface area contributed by atoms with Gasteiger partial charge in [-0.15, -0.1) is 11.8 Å². The van der Waals surface area contributed by atoms with E-state index in [4.69, 9.17) is 34.8 Å². The standard InChI is InChI=1S/C11H10Cl3NOS/c1-7(12)5-15-11(16)6-17-10-4-8(13)2-3-9(10)14/h2-4H,1,5-6H2,(H,15,16). The van der Waals surface area contributed by atoms with Crippen LogP contribution in [0.5, 0.6) is 0 Å². The molecule has 1 amide bonds. The molecule has 2 nitrogen and oxygen atoms in total. The zero-order valence-corrected chi connectivity index (χ0v) is 11.9. The summed E-state index contributed by atoms with van der Waals surface area (Å²) in [5.74, 6) is 0.123. The van der Waals surface area contributed by atoms with Gasteiger partial charge in [0, 0.05) is 15.0 Å². The molecule has 0 bridgehead atoms. The van der Waals surface area contributed by atoms with Crippen LogP contribution in [0.1, 0.15) is 0 Å². The van der Waals surface area contributed by atoms with E-state index in [2.05, 4.69) is 11.9 Å². The fourth-order valence-electron chi connectivity index (χ4n) is 0.977. The normalized spacial score (nSPS) is 10.1. The van der Waals surface area contributed by atoms with Crippen LogP contribution in [0.25, 0.3) is 0 Å². The van der Waals surface area contributed by atoms with E-state index in [-0.39, 0.29) is 18.2 Å². The van der Waals surface area contributed by atoms with Crippen molar-refractivity contribution in [2.24, 2.45) is 0 Å². The lowest BCUT2D eigenvalue weighted by Crippen LogP contribution is -2.26. The minimum atomic E-state index is -0.132. The Kier molecular flexibility index (Phi) is 6.20. The summed E-state index contributed by atoms with van der Waals surface area (Å²) in [6.07, 6.45) is 0. The topological polar surface area (TPSA) is 29.1 Å². The van der Waals surface area contributed by atoms with Crippen molar-refractivity contribution >= 4 is 52.5 Å². The molecule has 1 rings (SSSR count). The number of halogens is 3. The quantitative estimate of drug-likeness (QED) is 0.834. The fourth-order valence-corrected chi connectivity index (χ4v) is 2.37. The minimum Gasteiger partial charge on any atom is -0.350 e. The zero-order chi connectivity index (χ0) is 12.8. The molecule has 17 heavy (non-hydrogen) atoms. The lowest BCUT2D eigenvalue weighted by atomic mass is 10.4.